The largest absolute Gasteiger partial charge is 0.497 e. The summed E-state index contributed by atoms with van der Waals surface area (Å²) in [4.78, 5) is 12.7. The predicted molar refractivity (Wildman–Crippen MR) is 98.7 cm³/mol. The van der Waals surface area contributed by atoms with Gasteiger partial charge >= 0.3 is 6.18 Å². The van der Waals surface area contributed by atoms with Crippen molar-refractivity contribution in [2.45, 2.75) is 31.9 Å². The van der Waals surface area contributed by atoms with Gasteiger partial charge in [-0.3, -0.25) is 4.79 Å². The third kappa shape index (κ3) is 4.19. The molecule has 154 valence electrons. The Balaban J connectivity index is 1.79. The second-order valence-electron chi connectivity index (χ2n) is 6.61. The topological polar surface area (TPSA) is 71.4 Å². The highest BCUT2D eigenvalue weighted by Crippen LogP contribution is 2.40. The van der Waals surface area contributed by atoms with Crippen molar-refractivity contribution in [1.29, 1.82) is 0 Å². The molecule has 6 nitrogen and oxygen atoms in total. The lowest BCUT2D eigenvalue weighted by Gasteiger charge is -2.32. The number of benzene rings is 2. The van der Waals surface area contributed by atoms with Crippen LogP contribution in [0.5, 0.6) is 11.5 Å². The molecule has 1 aliphatic heterocycles. The van der Waals surface area contributed by atoms with Crippen molar-refractivity contribution in [1.82, 2.24) is 5.01 Å². The normalized spacial score (nSPS) is 19.1. The minimum Gasteiger partial charge on any atom is -0.497 e. The van der Waals surface area contributed by atoms with E-state index in [1.54, 1.807) is 30.3 Å². The third-order valence-corrected chi connectivity index (χ3v) is 4.39. The van der Waals surface area contributed by atoms with Gasteiger partial charge in [0.2, 0.25) is 0 Å². The van der Waals surface area contributed by atoms with Crippen molar-refractivity contribution in [3.8, 4) is 11.5 Å². The molecule has 0 bridgehead atoms. The first kappa shape index (κ1) is 20.7. The van der Waals surface area contributed by atoms with Crippen molar-refractivity contribution in [3.05, 3.63) is 59.7 Å². The summed E-state index contributed by atoms with van der Waals surface area (Å²) in [6.07, 6.45) is -5.84. The highest BCUT2D eigenvalue weighted by Gasteiger charge is 2.62. The molecule has 2 aromatic rings. The van der Waals surface area contributed by atoms with Crippen LogP contribution in [0.15, 0.2) is 53.6 Å². The van der Waals surface area contributed by atoms with E-state index < -0.39 is 24.2 Å². The summed E-state index contributed by atoms with van der Waals surface area (Å²) in [6.45, 7) is 1.41. The Morgan fingerprint density at radius 2 is 1.90 bits per heavy atom. The first-order valence-electron chi connectivity index (χ1n) is 8.67. The van der Waals surface area contributed by atoms with Crippen LogP contribution in [0.4, 0.5) is 13.2 Å². The van der Waals surface area contributed by atoms with Crippen molar-refractivity contribution >= 4 is 11.6 Å². The first-order valence-corrected chi connectivity index (χ1v) is 8.67. The Morgan fingerprint density at radius 1 is 1.21 bits per heavy atom. The van der Waals surface area contributed by atoms with E-state index in [-0.39, 0.29) is 22.9 Å². The quantitative estimate of drug-likeness (QED) is 0.818. The minimum atomic E-state index is -5.04. The van der Waals surface area contributed by atoms with Gasteiger partial charge < -0.3 is 14.6 Å². The Labute approximate surface area is 165 Å². The van der Waals surface area contributed by atoms with Crippen LogP contribution in [0.2, 0.25) is 0 Å². The van der Waals surface area contributed by atoms with Crippen molar-refractivity contribution in [2.75, 3.05) is 7.11 Å². The summed E-state index contributed by atoms with van der Waals surface area (Å²) < 4.78 is 50.8. The summed E-state index contributed by atoms with van der Waals surface area (Å²) in [6, 6.07) is 12.9. The van der Waals surface area contributed by atoms with Crippen molar-refractivity contribution in [2.24, 2.45) is 5.10 Å². The van der Waals surface area contributed by atoms with E-state index in [4.69, 9.17) is 9.47 Å². The zero-order valence-corrected chi connectivity index (χ0v) is 15.7. The molecule has 1 amide bonds. The number of ether oxygens (including phenoxy) is 2. The fourth-order valence-electron chi connectivity index (χ4n) is 2.93. The molecule has 9 heteroatoms. The number of hydrogen-bond donors (Lipinski definition) is 1. The number of methoxy groups -OCH3 is 1. The molecule has 0 aliphatic carbocycles. The molecule has 1 aliphatic rings. The summed E-state index contributed by atoms with van der Waals surface area (Å²) >= 11 is 0. The second-order valence-corrected chi connectivity index (χ2v) is 6.61. The average molecular weight is 408 g/mol. The third-order valence-electron chi connectivity index (χ3n) is 4.39. The molecule has 0 saturated heterocycles. The molecule has 1 heterocycles. The van der Waals surface area contributed by atoms with Crippen LogP contribution in [-0.4, -0.2) is 40.7 Å². The first-order chi connectivity index (χ1) is 13.6. The van der Waals surface area contributed by atoms with Crippen LogP contribution < -0.4 is 9.47 Å². The van der Waals surface area contributed by atoms with Gasteiger partial charge in [-0.15, -0.1) is 0 Å². The average Bonchev–Trinajstić information content (AvgIpc) is 3.01. The van der Waals surface area contributed by atoms with E-state index in [2.05, 4.69) is 5.10 Å². The number of alkyl halides is 3. The Bertz CT molecular complexity index is 945. The fourth-order valence-corrected chi connectivity index (χ4v) is 2.93. The number of amides is 1. The van der Waals surface area contributed by atoms with Crippen molar-refractivity contribution in [3.63, 3.8) is 0 Å². The monoisotopic (exact) mass is 408 g/mol. The lowest BCUT2D eigenvalue weighted by atomic mass is 10.1. The van der Waals surface area contributed by atoms with E-state index >= 15 is 0 Å². The number of aliphatic hydroxyl groups is 1. The lowest BCUT2D eigenvalue weighted by molar-refractivity contribution is -0.297. The standard InChI is InChI=1S/C20H19F3N2O4/c1-13-11-19(27,20(21,22)23)25(24-13)18(26)15-6-3-5-14(9-15)12-29-17-8-4-7-16(10-17)28-2/h3-10,27H,11-12H2,1-2H3/t19-/m0/s1. The summed E-state index contributed by atoms with van der Waals surface area (Å²) in [7, 11) is 1.53. The molecule has 1 atom stereocenters. The van der Waals surface area contributed by atoms with Crippen LogP contribution >= 0.6 is 0 Å². The van der Waals surface area contributed by atoms with E-state index in [9.17, 15) is 23.1 Å². The number of nitrogens with zero attached hydrogens (tertiary/aromatic N) is 2. The van der Waals surface area contributed by atoms with Crippen LogP contribution in [-0.2, 0) is 6.61 Å². The van der Waals surface area contributed by atoms with E-state index in [1.165, 1.54) is 32.2 Å². The van der Waals surface area contributed by atoms with Gasteiger partial charge in [-0.2, -0.15) is 23.3 Å². The maximum Gasteiger partial charge on any atom is 0.438 e. The van der Waals surface area contributed by atoms with Crippen LogP contribution in [0.1, 0.15) is 29.3 Å². The maximum absolute atomic E-state index is 13.3. The van der Waals surface area contributed by atoms with Gasteiger partial charge in [-0.25, -0.2) is 0 Å². The predicted octanol–water partition coefficient (Wildman–Crippen LogP) is 3.75. The van der Waals surface area contributed by atoms with E-state index in [0.29, 0.717) is 17.1 Å². The van der Waals surface area contributed by atoms with Gasteiger partial charge in [-0.1, -0.05) is 18.2 Å². The highest BCUT2D eigenvalue weighted by atomic mass is 19.4. The smallest absolute Gasteiger partial charge is 0.438 e. The number of hydrazone groups is 1. The molecule has 0 unspecified atom stereocenters. The molecule has 1 N–H and O–H groups in total. The minimum absolute atomic E-state index is 0.00990. The molecule has 3 rings (SSSR count). The molecule has 0 aromatic heterocycles. The lowest BCUT2D eigenvalue weighted by Crippen LogP contribution is -2.56. The highest BCUT2D eigenvalue weighted by molar-refractivity contribution is 5.98. The Kier molecular flexibility index (Phi) is 5.52. The fraction of sp³-hybridized carbons (Fsp3) is 0.300. The van der Waals surface area contributed by atoms with Gasteiger partial charge in [0.05, 0.1) is 7.11 Å². The van der Waals surface area contributed by atoms with Gasteiger partial charge in [0.15, 0.2) is 0 Å². The molecule has 0 radical (unpaired) electrons. The zero-order valence-electron chi connectivity index (χ0n) is 15.7. The van der Waals surface area contributed by atoms with Crippen LogP contribution in [0.3, 0.4) is 0 Å². The SMILES string of the molecule is COc1cccc(OCc2cccc(C(=O)N3N=C(C)C[C@]3(O)C(F)(F)F)c2)c1. The number of halogens is 3. The molecule has 0 saturated carbocycles. The molecular weight excluding hydrogens is 389 g/mol. The second kappa shape index (κ2) is 7.75. The van der Waals surface area contributed by atoms with Gasteiger partial charge in [0.1, 0.15) is 18.1 Å². The zero-order chi connectivity index (χ0) is 21.2. The van der Waals surface area contributed by atoms with Gasteiger partial charge in [-0.05, 0) is 36.8 Å². The van der Waals surface area contributed by atoms with E-state index in [0.717, 1.165) is 0 Å². The van der Waals surface area contributed by atoms with Crippen LogP contribution in [0.25, 0.3) is 0 Å². The van der Waals surface area contributed by atoms with Gasteiger partial charge in [0, 0.05) is 23.8 Å². The summed E-state index contributed by atoms with van der Waals surface area (Å²) in [5.74, 6) is 0.0947. The summed E-state index contributed by atoms with van der Waals surface area (Å²) in [5, 5.41) is 13.8. The Hall–Kier alpha value is -3.07. The summed E-state index contributed by atoms with van der Waals surface area (Å²) in [5.41, 5.74) is -2.83. The molecular formula is C20H19F3N2O4. The van der Waals surface area contributed by atoms with E-state index in [1.807, 2.05) is 0 Å². The van der Waals surface area contributed by atoms with Gasteiger partial charge in [0.25, 0.3) is 11.6 Å². The molecule has 2 aromatic carbocycles. The maximum atomic E-state index is 13.3. The molecule has 0 fully saturated rings. The van der Waals surface area contributed by atoms with Crippen molar-refractivity contribution < 1.29 is 32.5 Å². The number of hydrogen-bond acceptors (Lipinski definition) is 5. The molecule has 29 heavy (non-hydrogen) atoms. The number of carbonyl (C=O) groups is 1. The van der Waals surface area contributed by atoms with Crippen LogP contribution in [0, 0.1) is 0 Å². The Morgan fingerprint density at radius 3 is 2.59 bits per heavy atom. The molecule has 0 spiro atoms. The number of carbonyl (C=O) groups excluding carboxylic acids is 1. The number of rotatable bonds is 5.